The number of halogens is 1. The summed E-state index contributed by atoms with van der Waals surface area (Å²) in [5.74, 6) is -0.319. The van der Waals surface area contributed by atoms with E-state index in [4.69, 9.17) is 4.74 Å². The van der Waals surface area contributed by atoms with Crippen LogP contribution in [0.3, 0.4) is 0 Å². The molecule has 0 fully saturated rings. The maximum Gasteiger partial charge on any atom is 0.354 e. The third kappa shape index (κ3) is 1.55. The number of aromatic nitrogens is 1. The summed E-state index contributed by atoms with van der Waals surface area (Å²) in [6.07, 6.45) is 0. The van der Waals surface area contributed by atoms with Gasteiger partial charge in [-0.3, -0.25) is 0 Å². The lowest BCUT2D eigenvalue weighted by atomic mass is 10.2. The smallest absolute Gasteiger partial charge is 0.354 e. The number of hydrogen-bond acceptors (Lipinski definition) is 2. The summed E-state index contributed by atoms with van der Waals surface area (Å²) < 4.78 is 7.51. The van der Waals surface area contributed by atoms with Crippen LogP contribution in [0.1, 0.15) is 10.5 Å². The van der Waals surface area contributed by atoms with Crippen LogP contribution in [0.15, 0.2) is 28.7 Å². The molecule has 0 saturated heterocycles. The lowest BCUT2D eigenvalue weighted by Gasteiger charge is -2.01. The molecule has 0 aliphatic heterocycles. The van der Waals surface area contributed by atoms with Crippen LogP contribution < -0.4 is 0 Å². The van der Waals surface area contributed by atoms with Gasteiger partial charge in [-0.25, -0.2) is 4.79 Å². The van der Waals surface area contributed by atoms with Gasteiger partial charge >= 0.3 is 5.97 Å². The predicted molar refractivity (Wildman–Crippen MR) is 62.0 cm³/mol. The quantitative estimate of drug-likeness (QED) is 0.744. The van der Waals surface area contributed by atoms with Crippen LogP contribution in [-0.2, 0) is 11.8 Å². The van der Waals surface area contributed by atoms with Crippen molar-refractivity contribution < 1.29 is 9.53 Å². The van der Waals surface area contributed by atoms with Crippen LogP contribution in [0.2, 0.25) is 0 Å². The van der Waals surface area contributed by atoms with Crippen LogP contribution in [0, 0.1) is 0 Å². The van der Waals surface area contributed by atoms with E-state index in [9.17, 15) is 4.79 Å². The highest BCUT2D eigenvalue weighted by Gasteiger charge is 2.14. The Morgan fingerprint density at radius 1 is 1.47 bits per heavy atom. The number of fused-ring (bicyclic) bond motifs is 1. The number of carbonyl (C=O) groups is 1. The van der Waals surface area contributed by atoms with Gasteiger partial charge in [-0.15, -0.1) is 0 Å². The molecule has 0 radical (unpaired) electrons. The highest BCUT2D eigenvalue weighted by atomic mass is 79.9. The molecule has 0 aliphatic rings. The first-order valence-corrected chi connectivity index (χ1v) is 5.26. The summed E-state index contributed by atoms with van der Waals surface area (Å²) in [5.41, 5.74) is 1.56. The molecule has 0 atom stereocenters. The van der Waals surface area contributed by atoms with Crippen molar-refractivity contribution in [1.29, 1.82) is 0 Å². The molecule has 2 aromatic rings. The Kier molecular flexibility index (Phi) is 2.52. The van der Waals surface area contributed by atoms with E-state index >= 15 is 0 Å². The minimum atomic E-state index is -0.319. The zero-order valence-electron chi connectivity index (χ0n) is 8.45. The van der Waals surface area contributed by atoms with E-state index in [1.807, 2.05) is 35.9 Å². The summed E-state index contributed by atoms with van der Waals surface area (Å²) in [5, 5.41) is 1.01. The zero-order chi connectivity index (χ0) is 11.0. The van der Waals surface area contributed by atoms with Crippen LogP contribution in [0.4, 0.5) is 0 Å². The number of aryl methyl sites for hydroxylation is 1. The molecule has 78 valence electrons. The minimum Gasteiger partial charge on any atom is -0.464 e. The number of benzene rings is 1. The van der Waals surface area contributed by atoms with Crippen LogP contribution in [0.25, 0.3) is 10.9 Å². The van der Waals surface area contributed by atoms with Crippen molar-refractivity contribution in [1.82, 2.24) is 4.57 Å². The summed E-state index contributed by atoms with van der Waals surface area (Å²) in [7, 11) is 3.23. The van der Waals surface area contributed by atoms with Gasteiger partial charge in [0.25, 0.3) is 0 Å². The summed E-state index contributed by atoms with van der Waals surface area (Å²) in [4.78, 5) is 11.5. The Balaban J connectivity index is 2.75. The first-order chi connectivity index (χ1) is 7.15. The standard InChI is InChI=1S/C11H10BrNO2/c1-13-9-5-3-4-8(12)7(9)6-10(13)11(14)15-2/h3-6H,1-2H3. The molecule has 1 aromatic heterocycles. The second kappa shape index (κ2) is 3.70. The Morgan fingerprint density at radius 2 is 2.20 bits per heavy atom. The van der Waals surface area contributed by atoms with E-state index in [0.29, 0.717) is 5.69 Å². The minimum absolute atomic E-state index is 0.319. The molecule has 0 unspecified atom stereocenters. The van der Waals surface area contributed by atoms with Crippen molar-refractivity contribution in [2.24, 2.45) is 7.05 Å². The van der Waals surface area contributed by atoms with Crippen molar-refractivity contribution in [2.45, 2.75) is 0 Å². The SMILES string of the molecule is COC(=O)c1cc2c(Br)cccc2n1C. The fraction of sp³-hybridized carbons (Fsp3) is 0.182. The van der Waals surface area contributed by atoms with E-state index < -0.39 is 0 Å². The number of ether oxygens (including phenoxy) is 1. The van der Waals surface area contributed by atoms with Crippen molar-refractivity contribution in [2.75, 3.05) is 7.11 Å². The molecule has 0 N–H and O–H groups in total. The van der Waals surface area contributed by atoms with Gasteiger partial charge in [0.15, 0.2) is 0 Å². The Hall–Kier alpha value is -1.29. The van der Waals surface area contributed by atoms with Crippen molar-refractivity contribution in [3.63, 3.8) is 0 Å². The molecule has 1 aromatic carbocycles. The lowest BCUT2D eigenvalue weighted by molar-refractivity contribution is 0.0590. The second-order valence-corrected chi connectivity index (χ2v) is 4.11. The summed E-state index contributed by atoms with van der Waals surface area (Å²) >= 11 is 3.45. The number of rotatable bonds is 1. The van der Waals surface area contributed by atoms with Crippen LogP contribution in [0.5, 0.6) is 0 Å². The highest BCUT2D eigenvalue weighted by molar-refractivity contribution is 9.10. The van der Waals surface area contributed by atoms with E-state index in [1.54, 1.807) is 0 Å². The fourth-order valence-electron chi connectivity index (χ4n) is 1.62. The molecule has 0 spiro atoms. The topological polar surface area (TPSA) is 31.2 Å². The molecule has 0 aliphatic carbocycles. The van der Waals surface area contributed by atoms with Crippen molar-refractivity contribution >= 4 is 32.8 Å². The number of hydrogen-bond donors (Lipinski definition) is 0. The van der Waals surface area contributed by atoms with E-state index in [1.165, 1.54) is 7.11 Å². The van der Waals surface area contributed by atoms with Crippen molar-refractivity contribution in [3.8, 4) is 0 Å². The zero-order valence-corrected chi connectivity index (χ0v) is 10.0. The van der Waals surface area contributed by atoms with Gasteiger partial charge in [0.05, 0.1) is 7.11 Å². The van der Waals surface area contributed by atoms with Gasteiger partial charge in [-0.05, 0) is 18.2 Å². The first kappa shape index (κ1) is 10.2. The van der Waals surface area contributed by atoms with Gasteiger partial charge < -0.3 is 9.30 Å². The number of esters is 1. The maximum atomic E-state index is 11.5. The molecule has 0 bridgehead atoms. The lowest BCUT2D eigenvalue weighted by Crippen LogP contribution is -2.06. The average molecular weight is 268 g/mol. The van der Waals surface area contributed by atoms with Gasteiger partial charge in [0.1, 0.15) is 5.69 Å². The normalized spacial score (nSPS) is 10.6. The second-order valence-electron chi connectivity index (χ2n) is 3.25. The number of methoxy groups -OCH3 is 1. The van der Waals surface area contributed by atoms with E-state index in [0.717, 1.165) is 15.4 Å². The molecule has 1 heterocycles. The molecular weight excluding hydrogens is 258 g/mol. The fourth-order valence-corrected chi connectivity index (χ4v) is 2.09. The summed E-state index contributed by atoms with van der Waals surface area (Å²) in [6.45, 7) is 0. The third-order valence-corrected chi connectivity index (χ3v) is 3.12. The Bertz CT molecular complexity index is 531. The monoisotopic (exact) mass is 267 g/mol. The van der Waals surface area contributed by atoms with Crippen LogP contribution in [-0.4, -0.2) is 17.6 Å². The molecule has 0 saturated carbocycles. The van der Waals surface area contributed by atoms with Crippen molar-refractivity contribution in [3.05, 3.63) is 34.4 Å². The third-order valence-electron chi connectivity index (χ3n) is 2.43. The number of carbonyl (C=O) groups excluding carboxylic acids is 1. The highest BCUT2D eigenvalue weighted by Crippen LogP contribution is 2.26. The number of nitrogens with zero attached hydrogens (tertiary/aromatic N) is 1. The van der Waals surface area contributed by atoms with Gasteiger partial charge in [-0.1, -0.05) is 22.0 Å². The molecule has 3 nitrogen and oxygen atoms in total. The molecule has 0 amide bonds. The predicted octanol–water partition coefficient (Wildman–Crippen LogP) is 2.73. The van der Waals surface area contributed by atoms with Gasteiger partial charge in [-0.2, -0.15) is 0 Å². The maximum absolute atomic E-state index is 11.5. The van der Waals surface area contributed by atoms with Gasteiger partial charge in [0, 0.05) is 22.4 Å². The van der Waals surface area contributed by atoms with Gasteiger partial charge in [0.2, 0.25) is 0 Å². The average Bonchev–Trinajstić information content (AvgIpc) is 2.57. The van der Waals surface area contributed by atoms with Crippen LogP contribution >= 0.6 is 15.9 Å². The van der Waals surface area contributed by atoms with E-state index in [-0.39, 0.29) is 5.97 Å². The Morgan fingerprint density at radius 3 is 2.80 bits per heavy atom. The first-order valence-electron chi connectivity index (χ1n) is 4.47. The largest absolute Gasteiger partial charge is 0.464 e. The molecule has 2 rings (SSSR count). The van der Waals surface area contributed by atoms with E-state index in [2.05, 4.69) is 15.9 Å². The molecule has 15 heavy (non-hydrogen) atoms. The summed E-state index contributed by atoms with van der Waals surface area (Å²) in [6, 6.07) is 7.68. The Labute approximate surface area is 95.8 Å². The molecular formula is C11H10BrNO2. The molecule has 4 heteroatoms.